The lowest BCUT2D eigenvalue weighted by Gasteiger charge is -2.21. The molecule has 0 aromatic carbocycles. The lowest BCUT2D eigenvalue weighted by molar-refractivity contribution is 0.317. The van der Waals surface area contributed by atoms with Gasteiger partial charge >= 0.3 is 0 Å². The van der Waals surface area contributed by atoms with E-state index in [4.69, 9.17) is 0 Å². The zero-order chi connectivity index (χ0) is 13.1. The van der Waals surface area contributed by atoms with Gasteiger partial charge in [-0.25, -0.2) is 4.98 Å². The van der Waals surface area contributed by atoms with Gasteiger partial charge in [-0.05, 0) is 50.9 Å². The van der Waals surface area contributed by atoms with E-state index in [9.17, 15) is 0 Å². The maximum atomic E-state index is 4.69. The molecule has 19 heavy (non-hydrogen) atoms. The van der Waals surface area contributed by atoms with Crippen LogP contribution in [0.5, 0.6) is 0 Å². The van der Waals surface area contributed by atoms with E-state index in [0.717, 1.165) is 5.25 Å². The molecule has 0 spiro atoms. The van der Waals surface area contributed by atoms with E-state index >= 15 is 0 Å². The van der Waals surface area contributed by atoms with Crippen molar-refractivity contribution in [3.63, 3.8) is 0 Å². The summed E-state index contributed by atoms with van der Waals surface area (Å²) in [5.41, 5.74) is 1.40. The monoisotopic (exact) mass is 276 g/mol. The first-order valence-corrected chi connectivity index (χ1v) is 8.54. The number of pyridine rings is 1. The van der Waals surface area contributed by atoms with Crippen molar-refractivity contribution in [3.05, 3.63) is 23.9 Å². The van der Waals surface area contributed by atoms with Gasteiger partial charge in [0.15, 0.2) is 0 Å². The summed E-state index contributed by atoms with van der Waals surface area (Å²) in [5.74, 6) is 0. The molecule has 0 radical (unpaired) electrons. The molecule has 1 saturated carbocycles. The molecule has 1 aromatic heterocycles. The third-order valence-corrected chi connectivity index (χ3v) is 5.79. The minimum absolute atomic E-state index is 0.598. The molecule has 3 rings (SSSR count). The Morgan fingerprint density at radius 1 is 1.11 bits per heavy atom. The van der Waals surface area contributed by atoms with Crippen molar-refractivity contribution in [1.82, 2.24) is 9.88 Å². The molecule has 0 bridgehead atoms. The molecular weight excluding hydrogens is 252 g/mol. The van der Waals surface area contributed by atoms with Gasteiger partial charge in [0.2, 0.25) is 0 Å². The molecule has 0 unspecified atom stereocenters. The number of aromatic nitrogens is 1. The molecule has 1 aliphatic carbocycles. The van der Waals surface area contributed by atoms with E-state index in [1.807, 2.05) is 11.8 Å². The zero-order valence-corrected chi connectivity index (χ0v) is 12.7. The summed E-state index contributed by atoms with van der Waals surface area (Å²) in [7, 11) is 2.22. The molecule has 2 aliphatic rings. The fraction of sp³-hybridized carbons (Fsp3) is 0.688. The predicted octanol–water partition coefficient (Wildman–Crippen LogP) is 4.27. The fourth-order valence-corrected chi connectivity index (χ4v) is 4.51. The van der Waals surface area contributed by atoms with Crippen molar-refractivity contribution in [2.45, 2.75) is 61.3 Å². The lowest BCUT2D eigenvalue weighted by Crippen LogP contribution is -2.17. The molecule has 1 saturated heterocycles. The highest BCUT2D eigenvalue weighted by atomic mass is 32.2. The summed E-state index contributed by atoms with van der Waals surface area (Å²) < 4.78 is 0. The van der Waals surface area contributed by atoms with Gasteiger partial charge in [-0.3, -0.25) is 4.90 Å². The van der Waals surface area contributed by atoms with Crippen LogP contribution in [-0.4, -0.2) is 28.7 Å². The fourth-order valence-electron chi connectivity index (χ4n) is 3.34. The van der Waals surface area contributed by atoms with Gasteiger partial charge < -0.3 is 0 Å². The van der Waals surface area contributed by atoms with Gasteiger partial charge in [0.1, 0.15) is 0 Å². The molecule has 0 amide bonds. The number of likely N-dealkylation sites (tertiary alicyclic amines) is 1. The normalized spacial score (nSPS) is 25.8. The van der Waals surface area contributed by atoms with E-state index in [2.05, 4.69) is 35.3 Å². The van der Waals surface area contributed by atoms with Crippen LogP contribution in [0.25, 0.3) is 0 Å². The average molecular weight is 276 g/mol. The molecule has 104 valence electrons. The summed E-state index contributed by atoms with van der Waals surface area (Å²) >= 11 is 1.99. The van der Waals surface area contributed by atoms with Crippen LogP contribution < -0.4 is 0 Å². The van der Waals surface area contributed by atoms with Crippen LogP contribution in [0.4, 0.5) is 0 Å². The Labute approximate surface area is 121 Å². The second kappa shape index (κ2) is 6.27. The van der Waals surface area contributed by atoms with Gasteiger partial charge in [-0.1, -0.05) is 25.3 Å². The Morgan fingerprint density at radius 2 is 1.95 bits per heavy atom. The molecule has 1 atom stereocenters. The highest BCUT2D eigenvalue weighted by molar-refractivity contribution is 7.99. The minimum Gasteiger partial charge on any atom is -0.299 e. The van der Waals surface area contributed by atoms with Crippen molar-refractivity contribution in [1.29, 1.82) is 0 Å². The number of thioether (sulfide) groups is 1. The van der Waals surface area contributed by atoms with E-state index in [-0.39, 0.29) is 0 Å². The molecule has 1 aromatic rings. The van der Waals surface area contributed by atoms with E-state index < -0.39 is 0 Å². The van der Waals surface area contributed by atoms with E-state index in [1.54, 1.807) is 0 Å². The van der Waals surface area contributed by atoms with Crippen molar-refractivity contribution >= 4 is 11.8 Å². The van der Waals surface area contributed by atoms with Gasteiger partial charge in [0, 0.05) is 17.5 Å². The smallest absolute Gasteiger partial charge is 0.0962 e. The Hall–Kier alpha value is -0.540. The summed E-state index contributed by atoms with van der Waals surface area (Å²) in [6.07, 6.45) is 11.7. The Bertz CT molecular complexity index is 398. The largest absolute Gasteiger partial charge is 0.299 e. The van der Waals surface area contributed by atoms with Crippen molar-refractivity contribution in [2.75, 3.05) is 13.6 Å². The van der Waals surface area contributed by atoms with E-state index in [1.165, 1.54) is 62.1 Å². The van der Waals surface area contributed by atoms with Gasteiger partial charge in [0.25, 0.3) is 0 Å². The third-order valence-electron chi connectivity index (χ3n) is 4.50. The number of hydrogen-bond donors (Lipinski definition) is 0. The minimum atomic E-state index is 0.598. The SMILES string of the molecule is CN1CCC[C@@H]1c1ccc(SC2CCCCC2)nc1. The summed E-state index contributed by atoms with van der Waals surface area (Å²) in [4.78, 5) is 7.14. The second-order valence-electron chi connectivity index (χ2n) is 5.95. The Balaban J connectivity index is 1.61. The quantitative estimate of drug-likeness (QED) is 0.820. The van der Waals surface area contributed by atoms with Crippen molar-refractivity contribution in [2.24, 2.45) is 0 Å². The molecule has 2 heterocycles. The van der Waals surface area contributed by atoms with Gasteiger partial charge in [-0.2, -0.15) is 0 Å². The lowest BCUT2D eigenvalue weighted by atomic mass is 10.0. The van der Waals surface area contributed by atoms with Crippen LogP contribution in [0.1, 0.15) is 56.6 Å². The number of nitrogens with zero attached hydrogens (tertiary/aromatic N) is 2. The highest BCUT2D eigenvalue weighted by Gasteiger charge is 2.23. The molecular formula is C16H24N2S. The molecule has 1 aliphatic heterocycles. The first-order chi connectivity index (χ1) is 9.33. The summed E-state index contributed by atoms with van der Waals surface area (Å²) in [6, 6.07) is 5.13. The van der Waals surface area contributed by atoms with Crippen LogP contribution in [-0.2, 0) is 0 Å². The molecule has 0 N–H and O–H groups in total. The van der Waals surface area contributed by atoms with Crippen LogP contribution >= 0.6 is 11.8 Å². The van der Waals surface area contributed by atoms with Gasteiger partial charge in [0.05, 0.1) is 5.03 Å². The first-order valence-electron chi connectivity index (χ1n) is 7.66. The third kappa shape index (κ3) is 3.32. The Kier molecular flexibility index (Phi) is 4.44. The average Bonchev–Trinajstić information content (AvgIpc) is 2.87. The maximum absolute atomic E-state index is 4.69. The molecule has 2 nitrogen and oxygen atoms in total. The first kappa shape index (κ1) is 13.4. The van der Waals surface area contributed by atoms with E-state index in [0.29, 0.717) is 6.04 Å². The highest BCUT2D eigenvalue weighted by Crippen LogP contribution is 2.34. The predicted molar refractivity (Wildman–Crippen MR) is 81.6 cm³/mol. The zero-order valence-electron chi connectivity index (χ0n) is 11.8. The summed E-state index contributed by atoms with van der Waals surface area (Å²) in [6.45, 7) is 1.23. The molecule has 2 fully saturated rings. The van der Waals surface area contributed by atoms with Crippen LogP contribution in [0.15, 0.2) is 23.4 Å². The second-order valence-corrected chi connectivity index (χ2v) is 7.27. The van der Waals surface area contributed by atoms with Crippen LogP contribution in [0.2, 0.25) is 0 Å². The Morgan fingerprint density at radius 3 is 2.58 bits per heavy atom. The number of rotatable bonds is 3. The standard InChI is InChI=1S/C16H24N2S/c1-18-11-5-8-15(18)13-9-10-16(17-12-13)19-14-6-3-2-4-7-14/h9-10,12,14-15H,2-8,11H2,1H3/t15-/m1/s1. The molecule has 3 heteroatoms. The van der Waals surface area contributed by atoms with Gasteiger partial charge in [-0.15, -0.1) is 11.8 Å². The summed E-state index contributed by atoms with van der Waals surface area (Å²) in [5, 5.41) is 2.03. The number of hydrogen-bond acceptors (Lipinski definition) is 3. The topological polar surface area (TPSA) is 16.1 Å². The van der Waals surface area contributed by atoms with Crippen molar-refractivity contribution in [3.8, 4) is 0 Å². The van der Waals surface area contributed by atoms with Crippen molar-refractivity contribution < 1.29 is 0 Å². The van der Waals surface area contributed by atoms with Crippen LogP contribution in [0, 0.1) is 0 Å². The van der Waals surface area contributed by atoms with Crippen LogP contribution in [0.3, 0.4) is 0 Å². The maximum Gasteiger partial charge on any atom is 0.0962 e.